The first-order valence-electron chi connectivity index (χ1n) is 11.0. The van der Waals surface area contributed by atoms with E-state index >= 15 is 0 Å². The van der Waals surface area contributed by atoms with E-state index in [9.17, 15) is 14.5 Å². The third-order valence-electron chi connectivity index (χ3n) is 5.99. The second-order valence-electron chi connectivity index (χ2n) is 8.06. The van der Waals surface area contributed by atoms with E-state index in [1.54, 1.807) is 24.3 Å². The number of rotatable bonds is 6. The number of anilines is 1. The summed E-state index contributed by atoms with van der Waals surface area (Å²) >= 11 is 0. The monoisotopic (exact) mass is 459 g/mol. The van der Waals surface area contributed by atoms with Gasteiger partial charge < -0.3 is 9.32 Å². The molecule has 0 bridgehead atoms. The van der Waals surface area contributed by atoms with Crippen molar-refractivity contribution in [2.75, 3.05) is 31.1 Å². The molecule has 3 aromatic carbocycles. The minimum absolute atomic E-state index is 0.0735. The molecule has 0 aliphatic carbocycles. The lowest BCUT2D eigenvalue weighted by Gasteiger charge is -2.39. The maximum absolute atomic E-state index is 13.6. The highest BCUT2D eigenvalue weighted by Crippen LogP contribution is 2.32. The van der Waals surface area contributed by atoms with Gasteiger partial charge in [-0.05, 0) is 42.0 Å². The van der Waals surface area contributed by atoms with Crippen molar-refractivity contribution in [1.29, 1.82) is 0 Å². The second-order valence-corrected chi connectivity index (χ2v) is 8.06. The average Bonchev–Trinajstić information content (AvgIpc) is 3.36. The lowest BCUT2D eigenvalue weighted by molar-refractivity contribution is -0.384. The molecule has 0 amide bonds. The number of nitro benzene ring substituents is 1. The summed E-state index contributed by atoms with van der Waals surface area (Å²) in [4.78, 5) is 15.0. The summed E-state index contributed by atoms with van der Waals surface area (Å²) in [6.07, 6.45) is 0. The minimum Gasteiger partial charge on any atom is -0.419 e. The van der Waals surface area contributed by atoms with Crippen LogP contribution in [0.1, 0.15) is 17.5 Å². The van der Waals surface area contributed by atoms with E-state index in [1.807, 2.05) is 30.3 Å². The molecule has 1 aliphatic heterocycles. The summed E-state index contributed by atoms with van der Waals surface area (Å²) in [6.45, 7) is 2.83. The fourth-order valence-electron chi connectivity index (χ4n) is 4.22. The van der Waals surface area contributed by atoms with E-state index in [4.69, 9.17) is 4.42 Å². The maximum Gasteiger partial charge on any atom is 0.269 e. The molecule has 1 aromatic heterocycles. The van der Waals surface area contributed by atoms with Gasteiger partial charge in [0, 0.05) is 49.6 Å². The van der Waals surface area contributed by atoms with Gasteiger partial charge in [-0.25, -0.2) is 4.39 Å². The number of hydrogen-bond donors (Lipinski definition) is 0. The zero-order chi connectivity index (χ0) is 23.5. The molecule has 5 rings (SSSR count). The molecule has 2 heterocycles. The van der Waals surface area contributed by atoms with Crippen molar-refractivity contribution < 1.29 is 13.7 Å². The Morgan fingerprint density at radius 3 is 2.21 bits per heavy atom. The third kappa shape index (κ3) is 4.51. The van der Waals surface area contributed by atoms with Crippen LogP contribution in [0.5, 0.6) is 0 Å². The largest absolute Gasteiger partial charge is 0.419 e. The van der Waals surface area contributed by atoms with E-state index in [1.165, 1.54) is 24.3 Å². The first-order valence-corrected chi connectivity index (χ1v) is 11.0. The molecule has 1 aliphatic rings. The van der Waals surface area contributed by atoms with Crippen molar-refractivity contribution in [2.45, 2.75) is 6.04 Å². The first kappa shape index (κ1) is 21.7. The van der Waals surface area contributed by atoms with Crippen molar-refractivity contribution >= 4 is 11.4 Å². The van der Waals surface area contributed by atoms with Crippen LogP contribution in [0.3, 0.4) is 0 Å². The Morgan fingerprint density at radius 1 is 0.882 bits per heavy atom. The Hall–Kier alpha value is -4.11. The van der Waals surface area contributed by atoms with Gasteiger partial charge in [0.05, 0.1) is 4.92 Å². The number of piperazine rings is 1. The summed E-state index contributed by atoms with van der Waals surface area (Å²) in [5, 5.41) is 19.5. The summed E-state index contributed by atoms with van der Waals surface area (Å²) in [5.74, 6) is 0.586. The standard InChI is InChI=1S/C25H22FN5O3/c26-20-8-6-18(7-9-20)23(25-28-27-24(34-25)19-4-2-1-3-5-19)30-16-14-29(15-17-30)21-10-12-22(13-11-21)31(32)33/h1-13,23H,14-17H2/t23-/m0/s1. The third-order valence-corrected chi connectivity index (χ3v) is 5.99. The van der Waals surface area contributed by atoms with Crippen molar-refractivity contribution in [3.05, 3.63) is 106 Å². The highest BCUT2D eigenvalue weighted by molar-refractivity contribution is 5.52. The highest BCUT2D eigenvalue weighted by atomic mass is 19.1. The lowest BCUT2D eigenvalue weighted by atomic mass is 10.0. The molecule has 172 valence electrons. The van der Waals surface area contributed by atoms with E-state index in [2.05, 4.69) is 20.0 Å². The summed E-state index contributed by atoms with van der Waals surface area (Å²) < 4.78 is 19.7. The molecule has 34 heavy (non-hydrogen) atoms. The molecule has 8 nitrogen and oxygen atoms in total. The van der Waals surface area contributed by atoms with E-state index in [0.29, 0.717) is 24.9 Å². The SMILES string of the molecule is O=[N+]([O-])c1ccc(N2CCN([C@@H](c3ccc(F)cc3)c3nnc(-c4ccccc4)o3)CC2)cc1. The van der Waals surface area contributed by atoms with Gasteiger partial charge in [-0.3, -0.25) is 15.0 Å². The van der Waals surface area contributed by atoms with Crippen molar-refractivity contribution in [1.82, 2.24) is 15.1 Å². The van der Waals surface area contributed by atoms with Gasteiger partial charge >= 0.3 is 0 Å². The Labute approximate surface area is 195 Å². The minimum atomic E-state index is -0.400. The lowest BCUT2D eigenvalue weighted by Crippen LogP contribution is -2.48. The Kier molecular flexibility index (Phi) is 6.01. The van der Waals surface area contributed by atoms with Crippen molar-refractivity contribution in [2.24, 2.45) is 0 Å². The number of halogens is 1. The Balaban J connectivity index is 1.38. The van der Waals surface area contributed by atoms with Crippen LogP contribution in [-0.4, -0.2) is 46.2 Å². The molecular weight excluding hydrogens is 437 g/mol. The fraction of sp³-hybridized carbons (Fsp3) is 0.200. The predicted octanol–water partition coefficient (Wildman–Crippen LogP) is 4.70. The molecule has 1 atom stereocenters. The zero-order valence-electron chi connectivity index (χ0n) is 18.3. The molecule has 1 fully saturated rings. The van der Waals surface area contributed by atoms with E-state index in [0.717, 1.165) is 29.9 Å². The van der Waals surface area contributed by atoms with Gasteiger partial charge in [0.15, 0.2) is 0 Å². The molecule has 9 heteroatoms. The van der Waals surface area contributed by atoms with Crippen molar-refractivity contribution in [3.8, 4) is 11.5 Å². The van der Waals surface area contributed by atoms with E-state index < -0.39 is 4.92 Å². The van der Waals surface area contributed by atoms with Crippen LogP contribution < -0.4 is 4.90 Å². The molecular formula is C25H22FN5O3. The predicted molar refractivity (Wildman–Crippen MR) is 125 cm³/mol. The van der Waals surface area contributed by atoms with Crippen LogP contribution in [0.25, 0.3) is 11.5 Å². The number of benzene rings is 3. The normalized spacial score (nSPS) is 15.3. The highest BCUT2D eigenvalue weighted by Gasteiger charge is 2.31. The molecule has 0 radical (unpaired) electrons. The maximum atomic E-state index is 13.6. The van der Waals surface area contributed by atoms with Gasteiger partial charge in [-0.1, -0.05) is 30.3 Å². The molecule has 4 aromatic rings. The van der Waals surface area contributed by atoms with Gasteiger partial charge in [0.25, 0.3) is 5.69 Å². The number of hydrogen-bond acceptors (Lipinski definition) is 7. The quantitative estimate of drug-likeness (QED) is 0.305. The van der Waals surface area contributed by atoms with Crippen LogP contribution >= 0.6 is 0 Å². The van der Waals surface area contributed by atoms with Crippen molar-refractivity contribution in [3.63, 3.8) is 0 Å². The smallest absolute Gasteiger partial charge is 0.269 e. The summed E-state index contributed by atoms with van der Waals surface area (Å²) in [6, 6.07) is 22.2. The Morgan fingerprint density at radius 2 is 1.56 bits per heavy atom. The number of non-ortho nitro benzene ring substituents is 1. The van der Waals surface area contributed by atoms with E-state index in [-0.39, 0.29) is 17.5 Å². The van der Waals surface area contributed by atoms with Crippen LogP contribution in [0.15, 0.2) is 83.3 Å². The first-order chi connectivity index (χ1) is 16.6. The van der Waals surface area contributed by atoms with Crippen LogP contribution in [-0.2, 0) is 0 Å². The second kappa shape index (κ2) is 9.40. The average molecular weight is 459 g/mol. The molecule has 0 unspecified atom stereocenters. The number of nitrogens with zero attached hydrogens (tertiary/aromatic N) is 5. The molecule has 1 saturated heterocycles. The summed E-state index contributed by atoms with van der Waals surface area (Å²) in [5.41, 5.74) is 2.72. The summed E-state index contributed by atoms with van der Waals surface area (Å²) in [7, 11) is 0. The zero-order valence-corrected chi connectivity index (χ0v) is 18.3. The molecule has 0 spiro atoms. The number of nitro groups is 1. The molecule has 0 saturated carbocycles. The van der Waals surface area contributed by atoms with Gasteiger partial charge in [-0.15, -0.1) is 10.2 Å². The topological polar surface area (TPSA) is 88.5 Å². The van der Waals surface area contributed by atoms with Crippen LogP contribution in [0.2, 0.25) is 0 Å². The van der Waals surface area contributed by atoms with Gasteiger partial charge in [0.2, 0.25) is 11.8 Å². The van der Waals surface area contributed by atoms with Crippen LogP contribution in [0.4, 0.5) is 15.8 Å². The fourth-order valence-corrected chi connectivity index (χ4v) is 4.22. The Bertz CT molecular complexity index is 1250. The van der Waals surface area contributed by atoms with Gasteiger partial charge in [-0.2, -0.15) is 0 Å². The van der Waals surface area contributed by atoms with Gasteiger partial charge in [0.1, 0.15) is 11.9 Å². The van der Waals surface area contributed by atoms with Crippen LogP contribution in [0, 0.1) is 15.9 Å². The number of aromatic nitrogens is 2. The molecule has 0 N–H and O–H groups in total.